The lowest BCUT2D eigenvalue weighted by Crippen LogP contribution is -2.46. The zero-order valence-electron chi connectivity index (χ0n) is 14.7. The lowest BCUT2D eigenvalue weighted by atomic mass is 10.0. The van der Waals surface area contributed by atoms with E-state index in [0.717, 1.165) is 18.5 Å². The first kappa shape index (κ1) is 19.1. The molecule has 2 atom stereocenters. The van der Waals surface area contributed by atoms with Crippen LogP contribution in [0, 0.1) is 5.92 Å². The second-order valence-corrected chi connectivity index (χ2v) is 6.65. The average molecular weight is 345 g/mol. The third-order valence-corrected chi connectivity index (χ3v) is 4.67. The Bertz CT molecular complexity index is 603. The maximum atomic E-state index is 12.8. The fourth-order valence-corrected chi connectivity index (χ4v) is 3.02. The molecule has 1 aliphatic heterocycles. The van der Waals surface area contributed by atoms with Crippen LogP contribution in [0.4, 0.5) is 0 Å². The number of carbonyl (C=O) groups excluding carboxylic acids is 3. The van der Waals surface area contributed by atoms with Gasteiger partial charge in [-0.2, -0.15) is 0 Å². The summed E-state index contributed by atoms with van der Waals surface area (Å²) >= 11 is 0. The highest BCUT2D eigenvalue weighted by molar-refractivity contribution is 5.90. The van der Waals surface area contributed by atoms with E-state index < -0.39 is 11.9 Å². The van der Waals surface area contributed by atoms with E-state index in [-0.39, 0.29) is 24.0 Å². The number of rotatable bonds is 7. The Hall–Kier alpha value is -2.21. The smallest absolute Gasteiger partial charge is 0.223 e. The number of nitrogens with one attached hydrogen (secondary N) is 1. The molecule has 1 aliphatic rings. The second-order valence-electron chi connectivity index (χ2n) is 6.65. The number of nitrogens with two attached hydrogens (primary N) is 1. The van der Waals surface area contributed by atoms with Crippen molar-refractivity contribution >= 4 is 17.6 Å². The maximum absolute atomic E-state index is 12.8. The number of ketones is 1. The molecule has 0 spiro atoms. The van der Waals surface area contributed by atoms with Crippen LogP contribution in [0.3, 0.4) is 0 Å². The Morgan fingerprint density at radius 1 is 1.32 bits per heavy atom. The zero-order valence-corrected chi connectivity index (χ0v) is 14.7. The summed E-state index contributed by atoms with van der Waals surface area (Å²) in [6, 6.07) is 9.25. The molecule has 0 saturated carbocycles. The minimum Gasteiger partial charge on any atom is -0.369 e. The summed E-state index contributed by atoms with van der Waals surface area (Å²) in [5.74, 6) is -0.812. The largest absolute Gasteiger partial charge is 0.369 e. The van der Waals surface area contributed by atoms with Gasteiger partial charge in [0, 0.05) is 18.9 Å². The monoisotopic (exact) mass is 345 g/mol. The molecule has 1 aromatic carbocycles. The molecule has 1 unspecified atom stereocenters. The molecule has 1 aromatic rings. The maximum Gasteiger partial charge on any atom is 0.223 e. The van der Waals surface area contributed by atoms with Gasteiger partial charge in [0.1, 0.15) is 0 Å². The third-order valence-electron chi connectivity index (χ3n) is 4.67. The van der Waals surface area contributed by atoms with Crippen LogP contribution in [0.5, 0.6) is 0 Å². The van der Waals surface area contributed by atoms with Gasteiger partial charge in [-0.25, -0.2) is 0 Å². The molecule has 0 aromatic heterocycles. The van der Waals surface area contributed by atoms with Gasteiger partial charge in [-0.1, -0.05) is 37.3 Å². The Kier molecular flexibility index (Phi) is 7.13. The molecule has 136 valence electrons. The summed E-state index contributed by atoms with van der Waals surface area (Å²) in [7, 11) is 0. The van der Waals surface area contributed by atoms with Gasteiger partial charge < -0.3 is 16.0 Å². The van der Waals surface area contributed by atoms with Crippen LogP contribution >= 0.6 is 0 Å². The van der Waals surface area contributed by atoms with E-state index in [4.69, 9.17) is 5.73 Å². The summed E-state index contributed by atoms with van der Waals surface area (Å²) in [6.45, 7) is 3.20. The van der Waals surface area contributed by atoms with Crippen LogP contribution in [0.2, 0.25) is 0 Å². The van der Waals surface area contributed by atoms with Crippen LogP contribution in [-0.2, 0) is 20.9 Å². The molecular formula is C19H27N3O3. The number of Topliss-reactive ketones (excluding diaryl/α,β-unsaturated/α-hetero) is 1. The molecule has 25 heavy (non-hydrogen) atoms. The fraction of sp³-hybridized carbons (Fsp3) is 0.526. The van der Waals surface area contributed by atoms with Crippen LogP contribution in [-0.4, -0.2) is 41.6 Å². The number of carbonyl (C=O) groups is 3. The standard InChI is InChI=1S/C19H27N3O3/c1-14(19(20)25)9-10-18(24)22(13-15-6-3-2-4-7-15)16-8-5-11-21-12-17(16)23/h2-4,6-7,14,16,21H,5,8-13H2,1H3,(H2,20,25)/t14?,16-/m0/s1. The molecule has 1 saturated heterocycles. The Morgan fingerprint density at radius 3 is 2.72 bits per heavy atom. The third kappa shape index (κ3) is 5.67. The van der Waals surface area contributed by atoms with E-state index in [1.807, 2.05) is 30.3 Å². The highest BCUT2D eigenvalue weighted by atomic mass is 16.2. The molecule has 0 radical (unpaired) electrons. The van der Waals surface area contributed by atoms with Crippen LogP contribution in [0.15, 0.2) is 30.3 Å². The average Bonchev–Trinajstić information content (AvgIpc) is 2.82. The van der Waals surface area contributed by atoms with Gasteiger partial charge in [-0.05, 0) is 31.4 Å². The van der Waals surface area contributed by atoms with Gasteiger partial charge in [0.15, 0.2) is 5.78 Å². The molecular weight excluding hydrogens is 318 g/mol. The summed E-state index contributed by atoms with van der Waals surface area (Å²) < 4.78 is 0. The molecule has 6 heteroatoms. The number of hydrogen-bond acceptors (Lipinski definition) is 4. The van der Waals surface area contributed by atoms with Crippen molar-refractivity contribution in [1.29, 1.82) is 0 Å². The SMILES string of the molecule is CC(CCC(=O)N(Cc1ccccc1)[C@H]1CCCNCC1=O)C(N)=O. The predicted molar refractivity (Wildman–Crippen MR) is 95.5 cm³/mol. The summed E-state index contributed by atoms with van der Waals surface area (Å²) in [6.07, 6.45) is 2.13. The van der Waals surface area contributed by atoms with Crippen molar-refractivity contribution < 1.29 is 14.4 Å². The minimum atomic E-state index is -0.411. The Morgan fingerprint density at radius 2 is 2.04 bits per heavy atom. The van der Waals surface area contributed by atoms with Crippen LogP contribution in [0.25, 0.3) is 0 Å². The van der Waals surface area contributed by atoms with E-state index in [9.17, 15) is 14.4 Å². The molecule has 0 aliphatic carbocycles. The summed E-state index contributed by atoms with van der Waals surface area (Å²) in [5.41, 5.74) is 6.27. The van der Waals surface area contributed by atoms with E-state index in [1.54, 1.807) is 11.8 Å². The molecule has 2 rings (SSSR count). The number of benzene rings is 1. The first-order chi connectivity index (χ1) is 12.0. The Labute approximate surface area is 148 Å². The van der Waals surface area contributed by atoms with E-state index >= 15 is 0 Å². The van der Waals surface area contributed by atoms with Gasteiger partial charge in [-0.15, -0.1) is 0 Å². The lowest BCUT2D eigenvalue weighted by Gasteiger charge is -2.30. The van der Waals surface area contributed by atoms with Gasteiger partial charge in [0.05, 0.1) is 12.6 Å². The van der Waals surface area contributed by atoms with Crippen molar-refractivity contribution in [2.45, 2.75) is 45.2 Å². The summed E-state index contributed by atoms with van der Waals surface area (Å²) in [5, 5.41) is 3.10. The fourth-order valence-electron chi connectivity index (χ4n) is 3.02. The molecule has 6 nitrogen and oxygen atoms in total. The van der Waals surface area contributed by atoms with Crippen LogP contribution in [0.1, 0.15) is 38.2 Å². The molecule has 1 fully saturated rings. The number of amides is 2. The molecule has 2 amide bonds. The molecule has 0 bridgehead atoms. The minimum absolute atomic E-state index is 0.0460. The number of primary amides is 1. The van der Waals surface area contributed by atoms with Gasteiger partial charge in [-0.3, -0.25) is 14.4 Å². The first-order valence-corrected chi connectivity index (χ1v) is 8.85. The first-order valence-electron chi connectivity index (χ1n) is 8.85. The Balaban J connectivity index is 2.14. The van der Waals surface area contributed by atoms with Crippen molar-refractivity contribution in [2.75, 3.05) is 13.1 Å². The van der Waals surface area contributed by atoms with Crippen molar-refractivity contribution in [1.82, 2.24) is 10.2 Å². The van der Waals surface area contributed by atoms with Gasteiger partial charge in [0.2, 0.25) is 11.8 Å². The van der Waals surface area contributed by atoms with E-state index in [0.29, 0.717) is 25.9 Å². The van der Waals surface area contributed by atoms with Crippen molar-refractivity contribution in [2.24, 2.45) is 11.7 Å². The highest BCUT2D eigenvalue weighted by Crippen LogP contribution is 2.18. The lowest BCUT2D eigenvalue weighted by molar-refractivity contribution is -0.140. The second kappa shape index (κ2) is 9.32. The molecule has 1 heterocycles. The molecule has 3 N–H and O–H groups in total. The van der Waals surface area contributed by atoms with Crippen molar-refractivity contribution in [3.63, 3.8) is 0 Å². The predicted octanol–water partition coefficient (Wildman–Crippen LogP) is 1.24. The van der Waals surface area contributed by atoms with Gasteiger partial charge >= 0.3 is 0 Å². The number of nitrogens with zero attached hydrogens (tertiary/aromatic N) is 1. The van der Waals surface area contributed by atoms with Crippen molar-refractivity contribution in [3.8, 4) is 0 Å². The highest BCUT2D eigenvalue weighted by Gasteiger charge is 2.30. The van der Waals surface area contributed by atoms with Crippen molar-refractivity contribution in [3.05, 3.63) is 35.9 Å². The van der Waals surface area contributed by atoms with E-state index in [2.05, 4.69) is 5.32 Å². The van der Waals surface area contributed by atoms with Crippen LogP contribution < -0.4 is 11.1 Å². The zero-order chi connectivity index (χ0) is 18.2. The summed E-state index contributed by atoms with van der Waals surface area (Å²) in [4.78, 5) is 38.2. The normalized spacial score (nSPS) is 19.1. The van der Waals surface area contributed by atoms with E-state index in [1.165, 1.54) is 0 Å². The topological polar surface area (TPSA) is 92.5 Å². The number of hydrogen-bond donors (Lipinski definition) is 2. The van der Waals surface area contributed by atoms with Gasteiger partial charge in [0.25, 0.3) is 0 Å². The quantitative estimate of drug-likeness (QED) is 0.777.